The van der Waals surface area contributed by atoms with Crippen LogP contribution in [0.1, 0.15) is 25.5 Å². The minimum atomic E-state index is -3.07. The molecule has 3 rings (SSSR count). The Morgan fingerprint density at radius 1 is 1.20 bits per heavy atom. The SMILES string of the molecule is COc1cccc(-c2ccc(=O)n(C(C)C(=O)Nc3cc(C(C)(F)F)ccn3)n2)c1. The molecule has 0 radical (unpaired) electrons. The van der Waals surface area contributed by atoms with Crippen molar-refractivity contribution in [2.24, 2.45) is 0 Å². The summed E-state index contributed by atoms with van der Waals surface area (Å²) in [5, 5.41) is 6.74. The summed E-state index contributed by atoms with van der Waals surface area (Å²) < 4.78 is 33.2. The fourth-order valence-electron chi connectivity index (χ4n) is 2.75. The number of halogens is 2. The molecular weight excluding hydrogens is 394 g/mol. The predicted molar refractivity (Wildman–Crippen MR) is 108 cm³/mol. The molecule has 156 valence electrons. The average molecular weight is 414 g/mol. The van der Waals surface area contributed by atoms with Crippen molar-refractivity contribution in [3.63, 3.8) is 0 Å². The minimum absolute atomic E-state index is 0.0390. The molecule has 0 aliphatic rings. The number of benzene rings is 1. The van der Waals surface area contributed by atoms with Crippen molar-refractivity contribution in [2.75, 3.05) is 12.4 Å². The van der Waals surface area contributed by atoms with Crippen LogP contribution in [0.4, 0.5) is 14.6 Å². The van der Waals surface area contributed by atoms with Crippen molar-refractivity contribution in [2.45, 2.75) is 25.8 Å². The van der Waals surface area contributed by atoms with Crippen molar-refractivity contribution < 1.29 is 18.3 Å². The van der Waals surface area contributed by atoms with Gasteiger partial charge in [-0.15, -0.1) is 0 Å². The lowest BCUT2D eigenvalue weighted by Gasteiger charge is -2.16. The van der Waals surface area contributed by atoms with E-state index < -0.39 is 23.4 Å². The molecule has 1 amide bonds. The lowest BCUT2D eigenvalue weighted by atomic mass is 10.1. The van der Waals surface area contributed by atoms with Gasteiger partial charge in [0.25, 0.3) is 11.5 Å². The molecule has 7 nitrogen and oxygen atoms in total. The molecule has 0 fully saturated rings. The van der Waals surface area contributed by atoms with Crippen molar-refractivity contribution >= 4 is 11.7 Å². The van der Waals surface area contributed by atoms with Crippen molar-refractivity contribution in [1.29, 1.82) is 0 Å². The van der Waals surface area contributed by atoms with Crippen LogP contribution in [-0.4, -0.2) is 27.8 Å². The Morgan fingerprint density at radius 2 is 1.97 bits per heavy atom. The Balaban J connectivity index is 1.86. The van der Waals surface area contributed by atoms with Crippen LogP contribution in [0.15, 0.2) is 59.5 Å². The Hall–Kier alpha value is -3.62. The Kier molecular flexibility index (Phi) is 5.91. The monoisotopic (exact) mass is 414 g/mol. The van der Waals surface area contributed by atoms with E-state index >= 15 is 0 Å². The minimum Gasteiger partial charge on any atom is -0.497 e. The van der Waals surface area contributed by atoms with Gasteiger partial charge in [0.1, 0.15) is 17.6 Å². The summed E-state index contributed by atoms with van der Waals surface area (Å²) in [6, 6.07) is 11.2. The van der Waals surface area contributed by atoms with Gasteiger partial charge in [0.05, 0.1) is 12.8 Å². The largest absolute Gasteiger partial charge is 0.497 e. The summed E-state index contributed by atoms with van der Waals surface area (Å²) in [5.41, 5.74) is 0.413. The number of rotatable bonds is 6. The van der Waals surface area contributed by atoms with Gasteiger partial charge in [-0.3, -0.25) is 9.59 Å². The lowest BCUT2D eigenvalue weighted by Crippen LogP contribution is -2.33. The summed E-state index contributed by atoms with van der Waals surface area (Å²) in [4.78, 5) is 28.8. The Morgan fingerprint density at radius 3 is 2.67 bits per heavy atom. The first-order valence-corrected chi connectivity index (χ1v) is 9.08. The number of aromatic nitrogens is 3. The summed E-state index contributed by atoms with van der Waals surface area (Å²) in [7, 11) is 1.54. The fraction of sp³-hybridized carbons (Fsp3) is 0.238. The second kappa shape index (κ2) is 8.40. The first-order valence-electron chi connectivity index (χ1n) is 9.08. The highest BCUT2D eigenvalue weighted by Crippen LogP contribution is 2.28. The van der Waals surface area contributed by atoms with Crippen LogP contribution >= 0.6 is 0 Å². The molecule has 1 N–H and O–H groups in total. The van der Waals surface area contributed by atoms with Gasteiger partial charge in [0.15, 0.2) is 0 Å². The van der Waals surface area contributed by atoms with Gasteiger partial charge in [-0.1, -0.05) is 12.1 Å². The van der Waals surface area contributed by atoms with Crippen LogP contribution in [-0.2, 0) is 10.7 Å². The van der Waals surface area contributed by atoms with Gasteiger partial charge in [0, 0.05) is 30.3 Å². The van der Waals surface area contributed by atoms with E-state index in [1.54, 1.807) is 30.3 Å². The number of anilines is 1. The van der Waals surface area contributed by atoms with E-state index in [0.29, 0.717) is 17.0 Å². The van der Waals surface area contributed by atoms with E-state index in [2.05, 4.69) is 15.4 Å². The van der Waals surface area contributed by atoms with E-state index in [-0.39, 0.29) is 11.4 Å². The molecule has 1 aromatic carbocycles. The zero-order chi connectivity index (χ0) is 21.9. The molecule has 1 unspecified atom stereocenters. The smallest absolute Gasteiger partial charge is 0.270 e. The maximum Gasteiger partial charge on any atom is 0.270 e. The number of ether oxygens (including phenoxy) is 1. The first-order chi connectivity index (χ1) is 14.2. The fourth-order valence-corrected chi connectivity index (χ4v) is 2.75. The third-order valence-electron chi connectivity index (χ3n) is 4.45. The number of carbonyl (C=O) groups is 1. The van der Waals surface area contributed by atoms with Crippen LogP contribution < -0.4 is 15.6 Å². The van der Waals surface area contributed by atoms with E-state index in [9.17, 15) is 18.4 Å². The number of amides is 1. The zero-order valence-corrected chi connectivity index (χ0v) is 16.6. The van der Waals surface area contributed by atoms with Crippen LogP contribution in [0.25, 0.3) is 11.3 Å². The summed E-state index contributed by atoms with van der Waals surface area (Å²) in [6.45, 7) is 2.24. The lowest BCUT2D eigenvalue weighted by molar-refractivity contribution is -0.119. The maximum absolute atomic E-state index is 13.5. The molecule has 0 spiro atoms. The highest BCUT2D eigenvalue weighted by atomic mass is 19.3. The predicted octanol–water partition coefficient (Wildman–Crippen LogP) is 3.63. The number of hydrogen-bond donors (Lipinski definition) is 1. The zero-order valence-electron chi connectivity index (χ0n) is 16.6. The van der Waals surface area contributed by atoms with E-state index in [1.165, 1.54) is 32.4 Å². The van der Waals surface area contributed by atoms with Gasteiger partial charge in [0.2, 0.25) is 5.91 Å². The number of carbonyl (C=O) groups excluding carboxylic acids is 1. The number of nitrogens with zero attached hydrogens (tertiary/aromatic N) is 3. The highest BCUT2D eigenvalue weighted by molar-refractivity contribution is 5.92. The molecule has 30 heavy (non-hydrogen) atoms. The Bertz CT molecular complexity index is 1130. The van der Waals surface area contributed by atoms with E-state index in [1.807, 2.05) is 0 Å². The average Bonchev–Trinajstić information content (AvgIpc) is 2.73. The molecule has 3 aromatic rings. The number of hydrogen-bond acceptors (Lipinski definition) is 5. The third kappa shape index (κ3) is 4.68. The van der Waals surface area contributed by atoms with Gasteiger partial charge in [-0.05, 0) is 37.3 Å². The molecule has 1 atom stereocenters. The molecule has 2 aromatic heterocycles. The summed E-state index contributed by atoms with van der Waals surface area (Å²) in [6.07, 6.45) is 1.18. The second-order valence-corrected chi connectivity index (χ2v) is 6.72. The van der Waals surface area contributed by atoms with Crippen LogP contribution in [0.2, 0.25) is 0 Å². The summed E-state index contributed by atoms with van der Waals surface area (Å²) in [5.74, 6) is -3.10. The van der Waals surface area contributed by atoms with Gasteiger partial charge in [-0.25, -0.2) is 18.4 Å². The van der Waals surface area contributed by atoms with Crippen LogP contribution in [0.5, 0.6) is 5.75 Å². The quantitative estimate of drug-likeness (QED) is 0.666. The third-order valence-corrected chi connectivity index (χ3v) is 4.45. The number of alkyl halides is 2. The van der Waals surface area contributed by atoms with E-state index in [0.717, 1.165) is 17.7 Å². The molecule has 0 saturated carbocycles. The van der Waals surface area contributed by atoms with Crippen LogP contribution in [0.3, 0.4) is 0 Å². The Labute approximate surface area is 171 Å². The molecule has 2 heterocycles. The van der Waals surface area contributed by atoms with E-state index in [4.69, 9.17) is 4.74 Å². The normalized spacial score (nSPS) is 12.3. The molecular formula is C21H20F2N4O3. The number of nitrogens with one attached hydrogen (secondary N) is 1. The highest BCUT2D eigenvalue weighted by Gasteiger charge is 2.25. The van der Waals surface area contributed by atoms with Gasteiger partial charge in [-0.2, -0.15) is 5.10 Å². The number of methoxy groups -OCH3 is 1. The van der Waals surface area contributed by atoms with Crippen molar-refractivity contribution in [3.8, 4) is 17.0 Å². The molecule has 0 aliphatic carbocycles. The number of pyridine rings is 1. The van der Waals surface area contributed by atoms with Gasteiger partial charge < -0.3 is 10.1 Å². The topological polar surface area (TPSA) is 86.1 Å². The molecule has 0 bridgehead atoms. The maximum atomic E-state index is 13.5. The standard InChI is InChI=1S/C21H20F2N4O3/c1-13(20(29)25-18-12-15(9-10-24-18)21(2,22)23)27-19(28)8-7-17(26-27)14-5-4-6-16(11-14)30-3/h4-13H,1-3H3,(H,24,25,29). The first kappa shape index (κ1) is 21.1. The molecule has 9 heteroatoms. The molecule has 0 aliphatic heterocycles. The van der Waals surface area contributed by atoms with Crippen LogP contribution in [0, 0.1) is 0 Å². The summed E-state index contributed by atoms with van der Waals surface area (Å²) >= 11 is 0. The molecule has 0 saturated heterocycles. The van der Waals surface area contributed by atoms with Crippen molar-refractivity contribution in [1.82, 2.24) is 14.8 Å². The van der Waals surface area contributed by atoms with Crippen molar-refractivity contribution in [3.05, 3.63) is 70.6 Å². The van der Waals surface area contributed by atoms with Gasteiger partial charge >= 0.3 is 0 Å². The second-order valence-electron chi connectivity index (χ2n) is 6.72.